The predicted molar refractivity (Wildman–Crippen MR) is 93.0 cm³/mol. The highest BCUT2D eigenvalue weighted by Crippen LogP contribution is 2.29. The Labute approximate surface area is 136 Å². The van der Waals surface area contributed by atoms with Crippen molar-refractivity contribution in [2.45, 2.75) is 19.1 Å². The number of ether oxygens (including phenoxy) is 1. The van der Waals surface area contributed by atoms with Gasteiger partial charge in [0.05, 0.1) is 0 Å². The molecular formula is C17H16BrNOS. The van der Waals surface area contributed by atoms with E-state index < -0.39 is 0 Å². The maximum Gasteiger partial charge on any atom is 0.139 e. The Morgan fingerprint density at radius 2 is 1.86 bits per heavy atom. The number of halogens is 1. The van der Waals surface area contributed by atoms with E-state index in [-0.39, 0.29) is 12.1 Å². The van der Waals surface area contributed by atoms with Crippen LogP contribution < -0.4 is 10.5 Å². The number of nitrogens with two attached hydrogens (primary N) is 1. The molecule has 2 N–H and O–H groups in total. The predicted octanol–water partition coefficient (Wildman–Crippen LogP) is 5.13. The topological polar surface area (TPSA) is 35.2 Å². The minimum absolute atomic E-state index is 0.0692. The van der Waals surface area contributed by atoms with Gasteiger partial charge in [-0.25, -0.2) is 0 Å². The van der Waals surface area contributed by atoms with Crippen LogP contribution in [0.15, 0.2) is 57.7 Å². The van der Waals surface area contributed by atoms with Crippen molar-refractivity contribution in [1.29, 1.82) is 0 Å². The van der Waals surface area contributed by atoms with Gasteiger partial charge in [-0.15, -0.1) is 0 Å². The van der Waals surface area contributed by atoms with Crippen molar-refractivity contribution >= 4 is 38.0 Å². The number of hydrogen-bond donors (Lipinski definition) is 1. The fourth-order valence-corrected chi connectivity index (χ4v) is 3.39. The average molecular weight is 362 g/mol. The maximum atomic E-state index is 6.13. The van der Waals surface area contributed by atoms with Gasteiger partial charge in [0.25, 0.3) is 0 Å². The Kier molecular flexibility index (Phi) is 4.29. The second-order valence-electron chi connectivity index (χ2n) is 5.11. The van der Waals surface area contributed by atoms with Crippen molar-refractivity contribution in [3.05, 3.63) is 63.3 Å². The van der Waals surface area contributed by atoms with Crippen molar-refractivity contribution < 1.29 is 4.74 Å². The van der Waals surface area contributed by atoms with Gasteiger partial charge in [0, 0.05) is 16.1 Å². The van der Waals surface area contributed by atoms with Crippen LogP contribution in [-0.4, -0.2) is 6.04 Å². The van der Waals surface area contributed by atoms with Crippen LogP contribution in [0.2, 0.25) is 0 Å². The van der Waals surface area contributed by atoms with Crippen molar-refractivity contribution in [2.24, 2.45) is 5.73 Å². The lowest BCUT2D eigenvalue weighted by Crippen LogP contribution is -2.28. The van der Waals surface area contributed by atoms with Crippen molar-refractivity contribution in [2.75, 3.05) is 0 Å². The van der Waals surface area contributed by atoms with Gasteiger partial charge < -0.3 is 10.5 Å². The molecule has 2 unspecified atom stereocenters. The van der Waals surface area contributed by atoms with Crippen molar-refractivity contribution in [3.63, 3.8) is 0 Å². The van der Waals surface area contributed by atoms with Crippen molar-refractivity contribution in [1.82, 2.24) is 0 Å². The van der Waals surface area contributed by atoms with E-state index in [1.54, 1.807) is 11.3 Å². The first-order valence-electron chi connectivity index (χ1n) is 6.77. The largest absolute Gasteiger partial charge is 0.484 e. The minimum atomic E-state index is -0.121. The fourth-order valence-electron chi connectivity index (χ4n) is 2.33. The van der Waals surface area contributed by atoms with E-state index in [0.29, 0.717) is 0 Å². The van der Waals surface area contributed by atoms with Crippen LogP contribution in [0, 0.1) is 0 Å². The molecule has 0 radical (unpaired) electrons. The summed E-state index contributed by atoms with van der Waals surface area (Å²) in [6.07, 6.45) is -0.121. The molecule has 1 heterocycles. The Balaban J connectivity index is 1.91. The quantitative estimate of drug-likeness (QED) is 0.698. The monoisotopic (exact) mass is 361 g/mol. The Hall–Kier alpha value is -1.36. The second kappa shape index (κ2) is 6.18. The summed E-state index contributed by atoms with van der Waals surface area (Å²) >= 11 is 5.15. The Morgan fingerprint density at radius 1 is 1.10 bits per heavy atom. The molecule has 0 aliphatic heterocycles. The molecule has 2 aromatic carbocycles. The molecule has 3 aromatic rings. The van der Waals surface area contributed by atoms with Crippen LogP contribution in [0.3, 0.4) is 0 Å². The van der Waals surface area contributed by atoms with E-state index in [0.717, 1.165) is 21.2 Å². The third kappa shape index (κ3) is 3.28. The van der Waals surface area contributed by atoms with Crippen molar-refractivity contribution in [3.8, 4) is 5.75 Å². The van der Waals surface area contributed by atoms with Gasteiger partial charge in [-0.1, -0.05) is 28.1 Å². The van der Waals surface area contributed by atoms with Crippen LogP contribution in [0.5, 0.6) is 5.75 Å². The Morgan fingerprint density at radius 3 is 2.57 bits per heavy atom. The molecule has 4 heteroatoms. The fraction of sp³-hybridized carbons (Fsp3) is 0.176. The van der Waals surface area contributed by atoms with E-state index in [1.807, 2.05) is 24.4 Å². The van der Waals surface area contributed by atoms with E-state index in [4.69, 9.17) is 10.5 Å². The molecule has 0 aliphatic carbocycles. The summed E-state index contributed by atoms with van der Waals surface area (Å²) in [7, 11) is 0. The molecular weight excluding hydrogens is 346 g/mol. The van der Waals surface area contributed by atoms with Crippen LogP contribution >= 0.6 is 27.3 Å². The van der Waals surface area contributed by atoms with Gasteiger partial charge in [0.1, 0.15) is 11.9 Å². The first-order valence-corrected chi connectivity index (χ1v) is 8.51. The molecule has 0 bridgehead atoms. The lowest BCUT2D eigenvalue weighted by atomic mass is 10.1. The lowest BCUT2D eigenvalue weighted by Gasteiger charge is -2.22. The molecule has 0 saturated heterocycles. The lowest BCUT2D eigenvalue weighted by molar-refractivity contribution is 0.181. The summed E-state index contributed by atoms with van der Waals surface area (Å²) in [5.41, 5.74) is 7.21. The van der Waals surface area contributed by atoms with Crippen LogP contribution in [0.1, 0.15) is 18.6 Å². The summed E-state index contributed by atoms with van der Waals surface area (Å²) in [5.74, 6) is 0.846. The zero-order valence-corrected chi connectivity index (χ0v) is 14.0. The summed E-state index contributed by atoms with van der Waals surface area (Å²) in [6, 6.07) is 14.3. The molecule has 108 valence electrons. The number of rotatable bonds is 4. The minimum Gasteiger partial charge on any atom is -0.484 e. The third-order valence-electron chi connectivity index (χ3n) is 3.39. The second-order valence-corrected chi connectivity index (χ2v) is 6.80. The highest BCUT2D eigenvalue weighted by Gasteiger charge is 2.18. The number of fused-ring (bicyclic) bond motifs is 1. The van der Waals surface area contributed by atoms with E-state index in [2.05, 4.69) is 51.6 Å². The zero-order valence-electron chi connectivity index (χ0n) is 11.6. The van der Waals surface area contributed by atoms with Gasteiger partial charge >= 0.3 is 0 Å². The normalized spacial score (nSPS) is 14.0. The van der Waals surface area contributed by atoms with Crippen LogP contribution in [0.4, 0.5) is 0 Å². The standard InChI is InChI=1S/C17H16BrNOS/c1-11(19)17(14-6-7-21-10-14)20-16-5-3-12-8-15(18)4-2-13(12)9-16/h2-11,17H,19H2,1H3. The molecule has 0 amide bonds. The number of thiophene rings is 1. The highest BCUT2D eigenvalue weighted by molar-refractivity contribution is 9.10. The average Bonchev–Trinajstić information content (AvgIpc) is 2.98. The molecule has 0 fully saturated rings. The molecule has 0 aliphatic rings. The van der Waals surface area contributed by atoms with E-state index in [9.17, 15) is 0 Å². The summed E-state index contributed by atoms with van der Waals surface area (Å²) in [5, 5.41) is 6.48. The molecule has 1 aromatic heterocycles. The molecule has 2 nitrogen and oxygen atoms in total. The third-order valence-corrected chi connectivity index (χ3v) is 4.58. The maximum absolute atomic E-state index is 6.13. The number of hydrogen-bond acceptors (Lipinski definition) is 3. The smallest absolute Gasteiger partial charge is 0.139 e. The molecule has 0 spiro atoms. The molecule has 2 atom stereocenters. The molecule has 3 rings (SSSR count). The Bertz CT molecular complexity index is 740. The van der Waals surface area contributed by atoms with Gasteiger partial charge in [-0.3, -0.25) is 0 Å². The van der Waals surface area contributed by atoms with Crippen LogP contribution in [0.25, 0.3) is 10.8 Å². The van der Waals surface area contributed by atoms with Gasteiger partial charge in [-0.2, -0.15) is 11.3 Å². The first kappa shape index (κ1) is 14.6. The van der Waals surface area contributed by atoms with Gasteiger partial charge in [-0.05, 0) is 58.8 Å². The summed E-state index contributed by atoms with van der Waals surface area (Å²) in [4.78, 5) is 0. The highest BCUT2D eigenvalue weighted by atomic mass is 79.9. The SMILES string of the molecule is CC(N)C(Oc1ccc2cc(Br)ccc2c1)c1ccsc1. The summed E-state index contributed by atoms with van der Waals surface area (Å²) in [6.45, 7) is 1.97. The molecule has 0 saturated carbocycles. The van der Waals surface area contributed by atoms with Gasteiger partial charge in [0.15, 0.2) is 0 Å². The molecule has 21 heavy (non-hydrogen) atoms. The summed E-state index contributed by atoms with van der Waals surface area (Å²) < 4.78 is 7.21. The van der Waals surface area contributed by atoms with E-state index in [1.165, 1.54) is 5.39 Å². The van der Waals surface area contributed by atoms with Crippen LogP contribution in [-0.2, 0) is 0 Å². The van der Waals surface area contributed by atoms with Gasteiger partial charge in [0.2, 0.25) is 0 Å². The number of benzene rings is 2. The zero-order chi connectivity index (χ0) is 14.8. The van der Waals surface area contributed by atoms with E-state index >= 15 is 0 Å². The first-order chi connectivity index (χ1) is 10.1.